The van der Waals surface area contributed by atoms with E-state index in [9.17, 15) is 4.79 Å². The normalized spacial score (nSPS) is 17.5. The van der Waals surface area contributed by atoms with Crippen molar-refractivity contribution in [3.8, 4) is 0 Å². The molecule has 1 aliphatic carbocycles. The van der Waals surface area contributed by atoms with Gasteiger partial charge < -0.3 is 0 Å². The van der Waals surface area contributed by atoms with Crippen LogP contribution in [-0.2, 0) is 17.6 Å². The number of nitrogens with zero attached hydrogens (tertiary/aromatic N) is 1. The molecule has 0 aliphatic heterocycles. The molecule has 23 heavy (non-hydrogen) atoms. The lowest BCUT2D eigenvalue weighted by Gasteiger charge is -2.28. The summed E-state index contributed by atoms with van der Waals surface area (Å²) in [5.74, 6) is 1.85. The predicted octanol–water partition coefficient (Wildman–Crippen LogP) is 5.39. The van der Waals surface area contributed by atoms with Crippen molar-refractivity contribution >= 4 is 5.78 Å². The van der Waals surface area contributed by atoms with Crippen molar-refractivity contribution in [1.82, 2.24) is 4.98 Å². The van der Waals surface area contributed by atoms with Gasteiger partial charge in [0.05, 0.1) is 0 Å². The fraction of sp³-hybridized carbons (Fsp3) is 0.714. The second-order valence-electron chi connectivity index (χ2n) is 7.53. The Labute approximate surface area is 142 Å². The van der Waals surface area contributed by atoms with Crippen LogP contribution in [0, 0.1) is 17.8 Å². The minimum absolute atomic E-state index is 0.129. The lowest BCUT2D eigenvalue weighted by atomic mass is 9.77. The third-order valence-electron chi connectivity index (χ3n) is 5.59. The summed E-state index contributed by atoms with van der Waals surface area (Å²) in [5, 5.41) is 0. The summed E-state index contributed by atoms with van der Waals surface area (Å²) >= 11 is 0. The molecule has 0 amide bonds. The van der Waals surface area contributed by atoms with Crippen molar-refractivity contribution in [3.05, 3.63) is 29.6 Å². The maximum atomic E-state index is 12.1. The van der Waals surface area contributed by atoms with Gasteiger partial charge in [-0.1, -0.05) is 46.0 Å². The zero-order chi connectivity index (χ0) is 16.7. The number of aryl methyl sites for hydroxylation is 1. The minimum Gasteiger partial charge on any atom is -0.300 e. The number of pyridine rings is 1. The lowest BCUT2D eigenvalue weighted by Crippen LogP contribution is -2.24. The van der Waals surface area contributed by atoms with Gasteiger partial charge in [0.1, 0.15) is 5.78 Å². The van der Waals surface area contributed by atoms with Gasteiger partial charge in [-0.25, -0.2) is 0 Å². The third kappa shape index (κ3) is 5.75. The van der Waals surface area contributed by atoms with Crippen LogP contribution >= 0.6 is 0 Å². The molecule has 1 heterocycles. The van der Waals surface area contributed by atoms with E-state index >= 15 is 0 Å². The molecule has 0 bridgehead atoms. The van der Waals surface area contributed by atoms with Gasteiger partial charge in [0.2, 0.25) is 0 Å². The molecule has 1 aromatic heterocycles. The second-order valence-corrected chi connectivity index (χ2v) is 7.53. The molecule has 0 N–H and O–H groups in total. The standard InChI is InChI=1S/C21H33NO/c1-4-5-7-19-12-13-22-20(14-19)15-21(17(3)23)16(2)10-11-18-8-6-9-18/h12-14,16,18,21H,4-11,15H2,1-3H3. The van der Waals surface area contributed by atoms with Crippen LogP contribution in [0.3, 0.4) is 0 Å². The molecule has 128 valence electrons. The highest BCUT2D eigenvalue weighted by Gasteiger charge is 2.25. The smallest absolute Gasteiger partial charge is 0.133 e. The highest BCUT2D eigenvalue weighted by molar-refractivity contribution is 5.78. The number of ketones is 1. The zero-order valence-electron chi connectivity index (χ0n) is 15.2. The average Bonchev–Trinajstić information content (AvgIpc) is 2.49. The molecular weight excluding hydrogens is 282 g/mol. The Kier molecular flexibility index (Phi) is 7.26. The SMILES string of the molecule is CCCCc1ccnc(CC(C(C)=O)C(C)CCC2CCC2)c1. The first-order valence-electron chi connectivity index (χ1n) is 9.54. The average molecular weight is 316 g/mol. The zero-order valence-corrected chi connectivity index (χ0v) is 15.2. The molecule has 0 saturated heterocycles. The van der Waals surface area contributed by atoms with Crippen LogP contribution in [0.2, 0.25) is 0 Å². The number of hydrogen-bond acceptors (Lipinski definition) is 2. The molecule has 0 radical (unpaired) electrons. The van der Waals surface area contributed by atoms with E-state index in [0.717, 1.165) is 24.5 Å². The Morgan fingerprint density at radius 3 is 2.78 bits per heavy atom. The summed E-state index contributed by atoms with van der Waals surface area (Å²) in [4.78, 5) is 16.7. The molecule has 0 aromatic carbocycles. The van der Waals surface area contributed by atoms with E-state index in [1.165, 1.54) is 50.5 Å². The predicted molar refractivity (Wildman–Crippen MR) is 96.5 cm³/mol. The maximum absolute atomic E-state index is 12.1. The van der Waals surface area contributed by atoms with Gasteiger partial charge in [0.25, 0.3) is 0 Å². The second kappa shape index (κ2) is 9.20. The van der Waals surface area contributed by atoms with Crippen molar-refractivity contribution in [2.75, 3.05) is 0 Å². The van der Waals surface area contributed by atoms with Crippen LogP contribution < -0.4 is 0 Å². The van der Waals surface area contributed by atoms with Gasteiger partial charge in [-0.2, -0.15) is 0 Å². The fourth-order valence-corrected chi connectivity index (χ4v) is 3.63. The molecule has 1 aromatic rings. The highest BCUT2D eigenvalue weighted by Crippen LogP contribution is 2.33. The summed E-state index contributed by atoms with van der Waals surface area (Å²) in [6.07, 6.45) is 13.0. The van der Waals surface area contributed by atoms with Crippen LogP contribution in [0.1, 0.15) is 77.0 Å². The molecule has 2 heteroatoms. The van der Waals surface area contributed by atoms with Crippen LogP contribution in [0.5, 0.6) is 0 Å². The van der Waals surface area contributed by atoms with Crippen molar-refractivity contribution in [3.63, 3.8) is 0 Å². The molecule has 2 atom stereocenters. The number of Topliss-reactive ketones (excluding diaryl/α,β-unsaturated/α-hetero) is 1. The summed E-state index contributed by atoms with van der Waals surface area (Å²) < 4.78 is 0. The van der Waals surface area contributed by atoms with Crippen molar-refractivity contribution in [2.45, 2.75) is 78.6 Å². The van der Waals surface area contributed by atoms with E-state index in [-0.39, 0.29) is 5.92 Å². The molecule has 0 spiro atoms. The Morgan fingerprint density at radius 1 is 1.39 bits per heavy atom. The van der Waals surface area contributed by atoms with Gasteiger partial charge in [-0.3, -0.25) is 9.78 Å². The Balaban J connectivity index is 1.93. The first-order valence-corrected chi connectivity index (χ1v) is 9.54. The van der Waals surface area contributed by atoms with E-state index in [1.54, 1.807) is 6.92 Å². The van der Waals surface area contributed by atoms with Crippen LogP contribution in [0.15, 0.2) is 18.3 Å². The maximum Gasteiger partial charge on any atom is 0.133 e. The van der Waals surface area contributed by atoms with E-state index in [1.807, 2.05) is 6.20 Å². The Bertz CT molecular complexity index is 492. The molecule has 2 rings (SSSR count). The molecule has 2 nitrogen and oxygen atoms in total. The first kappa shape index (κ1) is 18.2. The molecule has 2 unspecified atom stereocenters. The minimum atomic E-state index is 0.129. The monoisotopic (exact) mass is 315 g/mol. The quantitative estimate of drug-likeness (QED) is 0.579. The van der Waals surface area contributed by atoms with Crippen LogP contribution in [0.4, 0.5) is 0 Å². The number of hydrogen-bond donors (Lipinski definition) is 0. The first-order chi connectivity index (χ1) is 11.1. The molecule has 1 aliphatic rings. The van der Waals surface area contributed by atoms with E-state index < -0.39 is 0 Å². The summed E-state index contributed by atoms with van der Waals surface area (Å²) in [6.45, 7) is 6.23. The molecule has 1 fully saturated rings. The summed E-state index contributed by atoms with van der Waals surface area (Å²) in [5.41, 5.74) is 2.45. The fourth-order valence-electron chi connectivity index (χ4n) is 3.63. The lowest BCUT2D eigenvalue weighted by molar-refractivity contribution is -0.122. The Hall–Kier alpha value is -1.18. The third-order valence-corrected chi connectivity index (χ3v) is 5.59. The number of carbonyl (C=O) groups is 1. The number of rotatable bonds is 10. The van der Waals surface area contributed by atoms with Crippen molar-refractivity contribution < 1.29 is 4.79 Å². The topological polar surface area (TPSA) is 30.0 Å². The van der Waals surface area contributed by atoms with Gasteiger partial charge in [0, 0.05) is 17.8 Å². The molecule has 1 saturated carbocycles. The van der Waals surface area contributed by atoms with Crippen molar-refractivity contribution in [1.29, 1.82) is 0 Å². The van der Waals surface area contributed by atoms with E-state index in [2.05, 4.69) is 31.0 Å². The molecular formula is C21H33NO. The summed E-state index contributed by atoms with van der Waals surface area (Å²) in [6, 6.07) is 4.33. The van der Waals surface area contributed by atoms with Crippen LogP contribution in [0.25, 0.3) is 0 Å². The highest BCUT2D eigenvalue weighted by atomic mass is 16.1. The van der Waals surface area contributed by atoms with Gasteiger partial charge in [0.15, 0.2) is 0 Å². The number of carbonyl (C=O) groups excluding carboxylic acids is 1. The van der Waals surface area contributed by atoms with Crippen LogP contribution in [-0.4, -0.2) is 10.8 Å². The van der Waals surface area contributed by atoms with Crippen molar-refractivity contribution in [2.24, 2.45) is 17.8 Å². The van der Waals surface area contributed by atoms with E-state index in [4.69, 9.17) is 0 Å². The Morgan fingerprint density at radius 2 is 2.17 bits per heavy atom. The van der Waals surface area contributed by atoms with Gasteiger partial charge in [-0.05, 0) is 62.1 Å². The largest absolute Gasteiger partial charge is 0.300 e. The van der Waals surface area contributed by atoms with E-state index in [0.29, 0.717) is 11.7 Å². The number of unbranched alkanes of at least 4 members (excludes halogenated alkanes) is 1. The van der Waals surface area contributed by atoms with Gasteiger partial charge >= 0.3 is 0 Å². The number of aromatic nitrogens is 1. The van der Waals surface area contributed by atoms with Gasteiger partial charge in [-0.15, -0.1) is 0 Å². The summed E-state index contributed by atoms with van der Waals surface area (Å²) in [7, 11) is 0.